The number of aryl methyl sites for hydroxylation is 2. The van der Waals surface area contributed by atoms with Gasteiger partial charge in [0.1, 0.15) is 0 Å². The monoisotopic (exact) mass is 263 g/mol. The minimum Gasteiger partial charge on any atom is -0.469 e. The van der Waals surface area contributed by atoms with Crippen LogP contribution in [-0.4, -0.2) is 17.6 Å². The van der Waals surface area contributed by atoms with Crippen molar-refractivity contribution in [2.24, 2.45) is 0 Å². The maximum absolute atomic E-state index is 11.6. The summed E-state index contributed by atoms with van der Waals surface area (Å²) in [6, 6.07) is 6.24. The smallest absolute Gasteiger partial charge is 0.307 e. The fourth-order valence-corrected chi connectivity index (χ4v) is 2.94. The first kappa shape index (κ1) is 12.9. The summed E-state index contributed by atoms with van der Waals surface area (Å²) in [7, 11) is 1.43. The highest BCUT2D eigenvalue weighted by atomic mass is 32.1. The Kier molecular flexibility index (Phi) is 3.87. The lowest BCUT2D eigenvalue weighted by Gasteiger charge is -2.21. The molecule has 2 rings (SSSR count). The van der Waals surface area contributed by atoms with Crippen LogP contribution in [0.1, 0.15) is 29.4 Å². The van der Waals surface area contributed by atoms with Gasteiger partial charge in [-0.05, 0) is 48.4 Å². The Hall–Kier alpha value is -1.55. The number of aromatic nitrogens is 1. The maximum atomic E-state index is 11.6. The van der Waals surface area contributed by atoms with Gasteiger partial charge in [0.05, 0.1) is 19.6 Å². The van der Waals surface area contributed by atoms with E-state index in [0.717, 1.165) is 17.0 Å². The highest BCUT2D eigenvalue weighted by Crippen LogP contribution is 2.28. The van der Waals surface area contributed by atoms with Crippen molar-refractivity contribution in [2.45, 2.75) is 26.3 Å². The molecular formula is C14H17NO2S. The third-order valence-electron chi connectivity index (χ3n) is 3.15. The van der Waals surface area contributed by atoms with Crippen LogP contribution in [-0.2, 0) is 9.53 Å². The van der Waals surface area contributed by atoms with Crippen molar-refractivity contribution in [3.05, 3.63) is 45.9 Å². The van der Waals surface area contributed by atoms with Crippen LogP contribution in [0.3, 0.4) is 0 Å². The first-order valence-electron chi connectivity index (χ1n) is 5.87. The second-order valence-electron chi connectivity index (χ2n) is 4.34. The zero-order valence-electron chi connectivity index (χ0n) is 10.8. The Bertz CT molecular complexity index is 508. The average Bonchev–Trinajstić information content (AvgIpc) is 2.98. The number of carbonyl (C=O) groups is 1. The molecule has 96 valence electrons. The SMILES string of the molecule is COC(=O)CC(c1ccsc1)n1c(C)ccc1C. The van der Waals surface area contributed by atoms with Gasteiger partial charge < -0.3 is 9.30 Å². The van der Waals surface area contributed by atoms with Crippen LogP contribution in [0.15, 0.2) is 29.0 Å². The number of hydrogen-bond donors (Lipinski definition) is 0. The van der Waals surface area contributed by atoms with Crippen LogP contribution in [0.25, 0.3) is 0 Å². The van der Waals surface area contributed by atoms with Gasteiger partial charge in [0, 0.05) is 11.4 Å². The molecule has 0 spiro atoms. The molecular weight excluding hydrogens is 246 g/mol. The number of esters is 1. The van der Waals surface area contributed by atoms with Crippen LogP contribution in [0.5, 0.6) is 0 Å². The van der Waals surface area contributed by atoms with E-state index in [2.05, 4.69) is 42.0 Å². The molecule has 1 atom stereocenters. The molecule has 0 fully saturated rings. The molecule has 0 aromatic carbocycles. The van der Waals surface area contributed by atoms with Crippen molar-refractivity contribution < 1.29 is 9.53 Å². The molecule has 0 aliphatic carbocycles. The minimum absolute atomic E-state index is 0.0266. The zero-order chi connectivity index (χ0) is 13.1. The van der Waals surface area contributed by atoms with Crippen LogP contribution in [0.4, 0.5) is 0 Å². The van der Waals surface area contributed by atoms with Gasteiger partial charge in [-0.15, -0.1) is 0 Å². The quantitative estimate of drug-likeness (QED) is 0.792. The third-order valence-corrected chi connectivity index (χ3v) is 3.85. The summed E-state index contributed by atoms with van der Waals surface area (Å²) < 4.78 is 7.00. The predicted octanol–water partition coefficient (Wildman–Crippen LogP) is 3.32. The number of thiophene rings is 1. The topological polar surface area (TPSA) is 31.2 Å². The van der Waals surface area contributed by atoms with E-state index in [-0.39, 0.29) is 12.0 Å². The van der Waals surface area contributed by atoms with Gasteiger partial charge in [-0.25, -0.2) is 0 Å². The molecule has 0 radical (unpaired) electrons. The number of methoxy groups -OCH3 is 1. The standard InChI is InChI=1S/C14H17NO2S/c1-10-4-5-11(2)15(10)13(8-14(16)17-3)12-6-7-18-9-12/h4-7,9,13H,8H2,1-3H3. The van der Waals surface area contributed by atoms with E-state index in [1.54, 1.807) is 11.3 Å². The first-order chi connectivity index (χ1) is 8.63. The van der Waals surface area contributed by atoms with E-state index in [0.29, 0.717) is 6.42 Å². The molecule has 0 bridgehead atoms. The van der Waals surface area contributed by atoms with Crippen LogP contribution in [0, 0.1) is 13.8 Å². The summed E-state index contributed by atoms with van der Waals surface area (Å²) >= 11 is 1.65. The van der Waals surface area contributed by atoms with E-state index in [9.17, 15) is 4.79 Å². The normalized spacial score (nSPS) is 12.4. The highest BCUT2D eigenvalue weighted by Gasteiger charge is 2.21. The second kappa shape index (κ2) is 5.40. The van der Waals surface area contributed by atoms with E-state index in [1.165, 1.54) is 7.11 Å². The predicted molar refractivity (Wildman–Crippen MR) is 73.0 cm³/mol. The Balaban J connectivity index is 2.39. The molecule has 0 aliphatic heterocycles. The largest absolute Gasteiger partial charge is 0.469 e. The van der Waals surface area contributed by atoms with Crippen LogP contribution < -0.4 is 0 Å². The van der Waals surface area contributed by atoms with Crippen molar-refractivity contribution in [1.29, 1.82) is 0 Å². The molecule has 0 amide bonds. The Labute approximate surface area is 111 Å². The lowest BCUT2D eigenvalue weighted by molar-refractivity contribution is -0.141. The lowest BCUT2D eigenvalue weighted by Crippen LogP contribution is -2.17. The lowest BCUT2D eigenvalue weighted by atomic mass is 10.1. The molecule has 3 nitrogen and oxygen atoms in total. The molecule has 4 heteroatoms. The summed E-state index contributed by atoms with van der Waals surface area (Å²) in [5, 5.41) is 4.13. The summed E-state index contributed by atoms with van der Waals surface area (Å²) in [6.45, 7) is 4.12. The number of carbonyl (C=O) groups excluding carboxylic acids is 1. The van der Waals surface area contributed by atoms with Gasteiger partial charge in [-0.3, -0.25) is 4.79 Å². The fourth-order valence-electron chi connectivity index (χ4n) is 2.24. The van der Waals surface area contributed by atoms with Crippen molar-refractivity contribution >= 4 is 17.3 Å². The van der Waals surface area contributed by atoms with E-state index >= 15 is 0 Å². The third kappa shape index (κ3) is 2.48. The summed E-state index contributed by atoms with van der Waals surface area (Å²) in [4.78, 5) is 11.6. The average molecular weight is 263 g/mol. The van der Waals surface area contributed by atoms with Crippen molar-refractivity contribution in [3.8, 4) is 0 Å². The Morgan fingerprint density at radius 1 is 1.33 bits per heavy atom. The molecule has 2 heterocycles. The fraction of sp³-hybridized carbons (Fsp3) is 0.357. The molecule has 1 unspecified atom stereocenters. The molecule has 0 saturated carbocycles. The van der Waals surface area contributed by atoms with Crippen molar-refractivity contribution in [1.82, 2.24) is 4.57 Å². The Morgan fingerprint density at radius 3 is 2.50 bits per heavy atom. The summed E-state index contributed by atoms with van der Waals surface area (Å²) in [5.74, 6) is -0.182. The van der Waals surface area contributed by atoms with E-state index < -0.39 is 0 Å². The summed E-state index contributed by atoms with van der Waals surface area (Å²) in [5.41, 5.74) is 3.48. The Morgan fingerprint density at radius 2 is 2.00 bits per heavy atom. The van der Waals surface area contributed by atoms with Gasteiger partial charge >= 0.3 is 5.97 Å². The summed E-state index contributed by atoms with van der Waals surface area (Å²) in [6.07, 6.45) is 0.365. The van der Waals surface area contributed by atoms with Gasteiger partial charge in [0.15, 0.2) is 0 Å². The molecule has 2 aromatic rings. The first-order valence-corrected chi connectivity index (χ1v) is 6.81. The molecule has 2 aromatic heterocycles. The van der Waals surface area contributed by atoms with Crippen LogP contribution in [0.2, 0.25) is 0 Å². The number of hydrogen-bond acceptors (Lipinski definition) is 3. The molecule has 0 aliphatic rings. The number of nitrogens with zero attached hydrogens (tertiary/aromatic N) is 1. The van der Waals surface area contributed by atoms with Crippen LogP contribution >= 0.6 is 11.3 Å². The van der Waals surface area contributed by atoms with Crippen molar-refractivity contribution in [3.63, 3.8) is 0 Å². The minimum atomic E-state index is -0.182. The zero-order valence-corrected chi connectivity index (χ0v) is 11.7. The number of rotatable bonds is 4. The molecule has 0 saturated heterocycles. The maximum Gasteiger partial charge on any atom is 0.307 e. The van der Waals surface area contributed by atoms with Gasteiger partial charge in [-0.2, -0.15) is 11.3 Å². The van der Waals surface area contributed by atoms with E-state index in [1.807, 2.05) is 5.38 Å². The second-order valence-corrected chi connectivity index (χ2v) is 5.12. The van der Waals surface area contributed by atoms with Gasteiger partial charge in [-0.1, -0.05) is 0 Å². The number of ether oxygens (including phenoxy) is 1. The van der Waals surface area contributed by atoms with Crippen molar-refractivity contribution in [2.75, 3.05) is 7.11 Å². The molecule has 0 N–H and O–H groups in total. The molecule has 18 heavy (non-hydrogen) atoms. The van der Waals surface area contributed by atoms with Gasteiger partial charge in [0.25, 0.3) is 0 Å². The van der Waals surface area contributed by atoms with E-state index in [4.69, 9.17) is 4.74 Å². The van der Waals surface area contributed by atoms with Gasteiger partial charge in [0.2, 0.25) is 0 Å². The highest BCUT2D eigenvalue weighted by molar-refractivity contribution is 7.07.